The number of phenols is 1. The number of hydrogen-bond acceptors (Lipinski definition) is 11. The van der Waals surface area contributed by atoms with Gasteiger partial charge in [0.2, 0.25) is 21.8 Å². The van der Waals surface area contributed by atoms with Crippen LogP contribution in [0.15, 0.2) is 15.1 Å². The zero-order valence-electron chi connectivity index (χ0n) is 18.5. The molecule has 2 heterocycles. The van der Waals surface area contributed by atoms with Crippen molar-refractivity contribution in [2.75, 3.05) is 38.8 Å². The molecule has 1 aromatic carbocycles. The number of hydrogen-bond donors (Lipinski definition) is 2. The minimum atomic E-state index is -3.79. The van der Waals surface area contributed by atoms with Gasteiger partial charge in [0.05, 0.1) is 29.9 Å². The number of esters is 1. The first kappa shape index (κ1) is 26.2. The van der Waals surface area contributed by atoms with Crippen molar-refractivity contribution in [2.45, 2.75) is 18.7 Å². The Morgan fingerprint density at radius 1 is 1.38 bits per heavy atom. The highest BCUT2D eigenvalue weighted by molar-refractivity contribution is 9.10. The summed E-state index contributed by atoms with van der Waals surface area (Å²) in [5, 5.41) is 17.0. The van der Waals surface area contributed by atoms with Crippen molar-refractivity contribution >= 4 is 49.6 Å². The third-order valence-electron chi connectivity index (χ3n) is 4.81. The topological polar surface area (TPSA) is 161 Å². The van der Waals surface area contributed by atoms with Crippen LogP contribution >= 0.6 is 27.7 Å². The Labute approximate surface area is 208 Å². The number of aromatic hydroxyl groups is 1. The van der Waals surface area contributed by atoms with Gasteiger partial charge >= 0.3 is 5.97 Å². The molecule has 0 spiro atoms. The Hall–Kier alpha value is -2.36. The van der Waals surface area contributed by atoms with Gasteiger partial charge in [-0.15, -0.1) is 0 Å². The molecule has 0 saturated carbocycles. The van der Waals surface area contributed by atoms with E-state index in [2.05, 4.69) is 31.4 Å². The molecule has 2 aromatic rings. The summed E-state index contributed by atoms with van der Waals surface area (Å²) in [5.74, 6) is -0.411. The molecule has 1 aromatic heterocycles. The molecule has 0 saturated heterocycles. The number of aryl methyl sites for hydroxylation is 1. The molecule has 2 N–H and O–H groups in total. The van der Waals surface area contributed by atoms with E-state index in [1.54, 1.807) is 6.92 Å². The molecule has 1 aliphatic heterocycles. The number of nitrogens with one attached hydrogen (secondary N) is 1. The Balaban J connectivity index is 2.01. The molecule has 34 heavy (non-hydrogen) atoms. The molecule has 15 heteroatoms. The lowest BCUT2D eigenvalue weighted by Gasteiger charge is -2.22. The van der Waals surface area contributed by atoms with Gasteiger partial charge < -0.3 is 24.4 Å². The van der Waals surface area contributed by atoms with E-state index in [0.29, 0.717) is 5.82 Å². The molecule has 12 nitrogen and oxygen atoms in total. The van der Waals surface area contributed by atoms with Gasteiger partial charge in [0.15, 0.2) is 5.82 Å². The Kier molecular flexibility index (Phi) is 8.43. The molecule has 0 radical (unpaired) electrons. The number of rotatable bonds is 3. The molecule has 0 bridgehead atoms. The molecule has 0 aliphatic carbocycles. The van der Waals surface area contributed by atoms with Crippen LogP contribution < -0.4 is 10.1 Å². The summed E-state index contributed by atoms with van der Waals surface area (Å²) in [4.78, 5) is 29.7. The summed E-state index contributed by atoms with van der Waals surface area (Å²) in [6, 6.07) is 0.633. The predicted molar refractivity (Wildman–Crippen MR) is 125 cm³/mol. The van der Waals surface area contributed by atoms with E-state index in [4.69, 9.17) is 14.0 Å². The largest absolute Gasteiger partial charge is 0.507 e. The van der Waals surface area contributed by atoms with E-state index in [0.717, 1.165) is 10.6 Å². The van der Waals surface area contributed by atoms with Crippen LogP contribution in [0.2, 0.25) is 0 Å². The van der Waals surface area contributed by atoms with Crippen LogP contribution in [0, 0.1) is 6.92 Å². The average Bonchev–Trinajstić information content (AvgIpc) is 3.19. The Morgan fingerprint density at radius 2 is 2.12 bits per heavy atom. The molecular weight excluding hydrogens is 556 g/mol. The first-order valence-electron chi connectivity index (χ1n) is 9.89. The zero-order chi connectivity index (χ0) is 25.0. The number of carbonyl (C=O) groups is 2. The van der Waals surface area contributed by atoms with Crippen molar-refractivity contribution in [1.82, 2.24) is 19.8 Å². The van der Waals surface area contributed by atoms with Crippen molar-refractivity contribution in [3.05, 3.63) is 33.4 Å². The highest BCUT2D eigenvalue weighted by Crippen LogP contribution is 2.39. The normalized spacial score (nSPS) is 19.0. The first-order chi connectivity index (χ1) is 16.0. The smallest absolute Gasteiger partial charge is 0.339 e. The van der Waals surface area contributed by atoms with E-state index >= 15 is 0 Å². The number of halogens is 1. The monoisotopic (exact) mass is 578 g/mol. The quantitative estimate of drug-likeness (QED) is 0.506. The number of amides is 1. The third-order valence-corrected chi connectivity index (χ3v) is 7.91. The maximum absolute atomic E-state index is 12.9. The van der Waals surface area contributed by atoms with Gasteiger partial charge in [0, 0.05) is 29.7 Å². The second kappa shape index (κ2) is 10.9. The molecule has 186 valence electrons. The maximum atomic E-state index is 12.9. The predicted octanol–water partition coefficient (Wildman–Crippen LogP) is 1.38. The van der Waals surface area contributed by atoms with Gasteiger partial charge in [-0.25, -0.2) is 13.2 Å². The fourth-order valence-electron chi connectivity index (χ4n) is 3.15. The van der Waals surface area contributed by atoms with Crippen molar-refractivity contribution in [2.24, 2.45) is 0 Å². The lowest BCUT2D eigenvalue weighted by molar-refractivity contribution is -0.122. The van der Waals surface area contributed by atoms with Gasteiger partial charge in [-0.05, 0) is 22.9 Å². The van der Waals surface area contributed by atoms with Crippen molar-refractivity contribution in [1.29, 1.82) is 0 Å². The SMILES string of the molecule is COc1cc(O)c2c(c1Br)C(=O)OCCN(S(C)(=O)=O)CC(=O)N[C@H](c1nc(C)no1)CSC2. The summed E-state index contributed by atoms with van der Waals surface area (Å²) in [6.45, 7) is 0.573. The molecular formula is C19H23BrN4O8S2. The maximum Gasteiger partial charge on any atom is 0.339 e. The van der Waals surface area contributed by atoms with Gasteiger partial charge in [-0.3, -0.25) is 4.79 Å². The number of benzene rings is 1. The minimum absolute atomic E-state index is 0.0570. The highest BCUT2D eigenvalue weighted by Gasteiger charge is 2.28. The number of sulfonamides is 1. The molecule has 0 unspecified atom stereocenters. The zero-order valence-corrected chi connectivity index (χ0v) is 21.8. The van der Waals surface area contributed by atoms with Gasteiger partial charge in [0.1, 0.15) is 24.1 Å². The summed E-state index contributed by atoms with van der Waals surface area (Å²) < 4.78 is 41.3. The van der Waals surface area contributed by atoms with E-state index in [-0.39, 0.29) is 57.6 Å². The number of methoxy groups -OCH3 is 1. The summed E-state index contributed by atoms with van der Waals surface area (Å²) in [7, 11) is -2.40. The summed E-state index contributed by atoms with van der Waals surface area (Å²) in [5.41, 5.74) is 0.341. The minimum Gasteiger partial charge on any atom is -0.507 e. The first-order valence-corrected chi connectivity index (χ1v) is 13.7. The number of carbonyl (C=O) groups excluding carboxylic acids is 2. The van der Waals surface area contributed by atoms with E-state index in [1.165, 1.54) is 24.9 Å². The Morgan fingerprint density at radius 3 is 2.74 bits per heavy atom. The number of phenolic OH excluding ortho intramolecular Hbond substituents is 1. The van der Waals surface area contributed by atoms with Crippen LogP contribution in [-0.2, 0) is 25.3 Å². The standard InChI is InChI=1S/C19H23BrN4O8S2/c1-10-21-18(32-23-10)12-9-33-8-11-13(25)6-14(30-2)17(20)16(11)19(27)31-5-4-24(34(3,28)29)7-15(26)22-12/h6,12,25H,4-5,7-9H2,1-3H3,(H,22,26)/t12-/m0/s1. The second-order valence-electron chi connectivity index (χ2n) is 7.31. The van der Waals surface area contributed by atoms with Gasteiger partial charge in [-0.1, -0.05) is 5.16 Å². The molecule has 1 aliphatic rings. The number of aromatic nitrogens is 2. The van der Waals surface area contributed by atoms with Crippen LogP contribution in [0.3, 0.4) is 0 Å². The number of ether oxygens (including phenoxy) is 2. The molecule has 0 fully saturated rings. The molecule has 1 amide bonds. The number of thioether (sulfide) groups is 1. The van der Waals surface area contributed by atoms with Crippen molar-refractivity contribution in [3.8, 4) is 11.5 Å². The van der Waals surface area contributed by atoms with Crippen LogP contribution in [0.25, 0.3) is 0 Å². The van der Waals surface area contributed by atoms with E-state index in [9.17, 15) is 23.1 Å². The fraction of sp³-hybridized carbons (Fsp3) is 0.474. The third kappa shape index (κ3) is 6.20. The summed E-state index contributed by atoms with van der Waals surface area (Å²) >= 11 is 4.61. The van der Waals surface area contributed by atoms with E-state index < -0.39 is 34.5 Å². The fourth-order valence-corrected chi connectivity index (χ4v) is 5.66. The lowest BCUT2D eigenvalue weighted by atomic mass is 10.1. The second-order valence-corrected chi connectivity index (χ2v) is 11.1. The average molecular weight is 579 g/mol. The molecule has 1 atom stereocenters. The number of nitrogens with zero attached hydrogens (tertiary/aromatic N) is 3. The van der Waals surface area contributed by atoms with Crippen LogP contribution in [0.4, 0.5) is 0 Å². The highest BCUT2D eigenvalue weighted by atomic mass is 79.9. The van der Waals surface area contributed by atoms with Gasteiger partial charge in [0.25, 0.3) is 0 Å². The van der Waals surface area contributed by atoms with Crippen LogP contribution in [0.5, 0.6) is 11.5 Å². The molecule has 3 rings (SSSR count). The number of fused-ring (bicyclic) bond motifs is 1. The van der Waals surface area contributed by atoms with Crippen molar-refractivity contribution < 1.29 is 37.1 Å². The van der Waals surface area contributed by atoms with Crippen LogP contribution in [-0.4, -0.2) is 78.7 Å². The van der Waals surface area contributed by atoms with Crippen LogP contribution in [0.1, 0.15) is 33.7 Å². The Bertz CT molecular complexity index is 1190. The number of cyclic esters (lactones) is 1. The van der Waals surface area contributed by atoms with Gasteiger partial charge in [-0.2, -0.15) is 21.1 Å². The van der Waals surface area contributed by atoms with E-state index in [1.807, 2.05) is 0 Å². The summed E-state index contributed by atoms with van der Waals surface area (Å²) in [6.07, 6.45) is 0.953. The van der Waals surface area contributed by atoms with Crippen molar-refractivity contribution in [3.63, 3.8) is 0 Å². The lowest BCUT2D eigenvalue weighted by Crippen LogP contribution is -2.43.